The molecule has 1 aromatic carbocycles. The van der Waals surface area contributed by atoms with E-state index in [4.69, 9.17) is 0 Å². The second-order valence-corrected chi connectivity index (χ2v) is 7.15. The molecule has 0 aromatic heterocycles. The summed E-state index contributed by atoms with van der Waals surface area (Å²) in [5, 5.41) is 2.77. The third kappa shape index (κ3) is 3.00. The summed E-state index contributed by atoms with van der Waals surface area (Å²) in [6, 6.07) is 8.74. The van der Waals surface area contributed by atoms with Gasteiger partial charge >= 0.3 is 0 Å². The second kappa shape index (κ2) is 5.97. The molecule has 2 aliphatic rings. The molecule has 1 unspecified atom stereocenters. The summed E-state index contributed by atoms with van der Waals surface area (Å²) in [6.45, 7) is 0.111. The first-order chi connectivity index (χ1) is 10.1. The Kier molecular flexibility index (Phi) is 4.05. The highest BCUT2D eigenvalue weighted by molar-refractivity contribution is 7.85. The summed E-state index contributed by atoms with van der Waals surface area (Å²) in [5.74, 6) is 1.05. The number of hydrogen-bond donors (Lipinski definition) is 1. The minimum Gasteiger partial charge on any atom is -0.339 e. The van der Waals surface area contributed by atoms with E-state index in [0.717, 1.165) is 5.56 Å². The lowest BCUT2D eigenvalue weighted by Gasteiger charge is -2.39. The van der Waals surface area contributed by atoms with Crippen LogP contribution in [-0.4, -0.2) is 45.0 Å². The quantitative estimate of drug-likeness (QED) is 0.870. The Morgan fingerprint density at radius 2 is 1.76 bits per heavy atom. The van der Waals surface area contributed by atoms with Gasteiger partial charge in [0.2, 0.25) is 5.91 Å². The number of rotatable bonds is 2. The van der Waals surface area contributed by atoms with E-state index in [-0.39, 0.29) is 24.4 Å². The zero-order valence-electron chi connectivity index (χ0n) is 11.7. The second-order valence-electron chi connectivity index (χ2n) is 5.46. The summed E-state index contributed by atoms with van der Waals surface area (Å²) >= 11 is 0. The van der Waals surface area contributed by atoms with Crippen molar-refractivity contribution in [3.8, 4) is 0 Å². The fraction of sp³-hybridized carbons (Fsp3) is 0.467. The molecule has 1 N–H and O–H groups in total. The molecular weight excluding hydrogens is 288 g/mol. The lowest BCUT2D eigenvalue weighted by atomic mass is 10.0. The van der Waals surface area contributed by atoms with Crippen LogP contribution in [0.25, 0.3) is 0 Å². The lowest BCUT2D eigenvalue weighted by molar-refractivity contribution is -0.147. The maximum Gasteiger partial charge on any atom is 0.250 e. The Morgan fingerprint density at radius 1 is 1.10 bits per heavy atom. The molecule has 2 heterocycles. The van der Waals surface area contributed by atoms with Gasteiger partial charge in [-0.2, -0.15) is 0 Å². The van der Waals surface area contributed by atoms with Gasteiger partial charge in [-0.15, -0.1) is 0 Å². The van der Waals surface area contributed by atoms with Gasteiger partial charge in [-0.3, -0.25) is 13.8 Å². The largest absolute Gasteiger partial charge is 0.339 e. The van der Waals surface area contributed by atoms with Gasteiger partial charge < -0.3 is 10.2 Å². The van der Waals surface area contributed by atoms with Gasteiger partial charge in [-0.1, -0.05) is 30.3 Å². The first-order valence-corrected chi connectivity index (χ1v) is 8.64. The molecule has 0 radical (unpaired) electrons. The first-order valence-electron chi connectivity index (χ1n) is 7.15. The van der Waals surface area contributed by atoms with Crippen molar-refractivity contribution in [1.82, 2.24) is 10.2 Å². The molecule has 1 aromatic rings. The van der Waals surface area contributed by atoms with Gasteiger partial charge in [0.1, 0.15) is 6.04 Å². The van der Waals surface area contributed by atoms with Crippen LogP contribution in [0.5, 0.6) is 0 Å². The van der Waals surface area contributed by atoms with Crippen LogP contribution in [0.1, 0.15) is 24.4 Å². The molecule has 2 saturated heterocycles. The molecule has 2 aliphatic heterocycles. The van der Waals surface area contributed by atoms with Crippen molar-refractivity contribution >= 4 is 22.6 Å². The Balaban J connectivity index is 1.80. The summed E-state index contributed by atoms with van der Waals surface area (Å²) in [5.41, 5.74) is 0.805. The maximum atomic E-state index is 12.7. The number of amides is 2. The van der Waals surface area contributed by atoms with E-state index in [1.165, 1.54) is 0 Å². The van der Waals surface area contributed by atoms with Gasteiger partial charge in [0.25, 0.3) is 5.91 Å². The molecule has 3 rings (SSSR count). The molecular formula is C15H18N2O3S. The molecule has 21 heavy (non-hydrogen) atoms. The SMILES string of the molecule is O=C1CN(C2CCS(=O)CC2)C(=O)C(c2ccccc2)N1. The number of benzene rings is 1. The Morgan fingerprint density at radius 3 is 2.43 bits per heavy atom. The molecule has 2 fully saturated rings. The number of nitrogens with zero attached hydrogens (tertiary/aromatic N) is 1. The van der Waals surface area contributed by atoms with Gasteiger partial charge in [-0.25, -0.2) is 0 Å². The van der Waals surface area contributed by atoms with Crippen LogP contribution in [0.4, 0.5) is 0 Å². The third-order valence-corrected chi connectivity index (χ3v) is 5.46. The molecule has 6 heteroatoms. The average Bonchev–Trinajstić information content (AvgIpc) is 2.51. The van der Waals surface area contributed by atoms with E-state index >= 15 is 0 Å². The standard InChI is InChI=1S/C15H18N2O3S/c18-13-10-17(12-6-8-21(20)9-7-12)15(19)14(16-13)11-4-2-1-3-5-11/h1-5,12,14H,6-10H2,(H,16,18). The van der Waals surface area contributed by atoms with Crippen molar-refractivity contribution in [3.63, 3.8) is 0 Å². The fourth-order valence-electron chi connectivity index (χ4n) is 2.94. The van der Waals surface area contributed by atoms with Crippen molar-refractivity contribution in [2.24, 2.45) is 0 Å². The van der Waals surface area contributed by atoms with Gasteiger partial charge in [0.15, 0.2) is 0 Å². The van der Waals surface area contributed by atoms with Crippen molar-refractivity contribution in [2.75, 3.05) is 18.1 Å². The van der Waals surface area contributed by atoms with E-state index in [9.17, 15) is 13.8 Å². The Hall–Kier alpha value is -1.69. The van der Waals surface area contributed by atoms with Crippen LogP contribution in [0.3, 0.4) is 0 Å². The lowest BCUT2D eigenvalue weighted by Crippen LogP contribution is -2.57. The van der Waals surface area contributed by atoms with Crippen molar-refractivity contribution < 1.29 is 13.8 Å². The number of piperazine rings is 1. The topological polar surface area (TPSA) is 66.5 Å². The molecule has 0 saturated carbocycles. The summed E-state index contributed by atoms with van der Waals surface area (Å²) in [4.78, 5) is 26.3. The van der Waals surface area contributed by atoms with Gasteiger partial charge in [-0.05, 0) is 18.4 Å². The number of carbonyl (C=O) groups is 2. The number of carbonyl (C=O) groups excluding carboxylic acids is 2. The normalized spacial score (nSPS) is 30.1. The summed E-state index contributed by atoms with van der Waals surface area (Å²) in [6.07, 6.45) is 1.43. The van der Waals surface area contributed by atoms with Crippen LogP contribution in [-0.2, 0) is 20.4 Å². The van der Waals surface area contributed by atoms with E-state index in [0.29, 0.717) is 24.3 Å². The van der Waals surface area contributed by atoms with E-state index < -0.39 is 16.8 Å². The zero-order chi connectivity index (χ0) is 14.8. The van der Waals surface area contributed by atoms with Gasteiger partial charge in [0.05, 0.1) is 6.54 Å². The molecule has 112 valence electrons. The summed E-state index contributed by atoms with van der Waals surface area (Å²) < 4.78 is 11.5. The molecule has 2 amide bonds. The molecule has 1 atom stereocenters. The van der Waals surface area contributed by atoms with Crippen molar-refractivity contribution in [1.29, 1.82) is 0 Å². The molecule has 0 bridgehead atoms. The predicted molar refractivity (Wildman–Crippen MR) is 79.9 cm³/mol. The van der Waals surface area contributed by atoms with Crippen LogP contribution >= 0.6 is 0 Å². The Labute approximate surface area is 126 Å². The van der Waals surface area contributed by atoms with Crippen LogP contribution in [0, 0.1) is 0 Å². The van der Waals surface area contributed by atoms with Crippen LogP contribution in [0.2, 0.25) is 0 Å². The predicted octanol–water partition coefficient (Wildman–Crippen LogP) is 0.597. The maximum absolute atomic E-state index is 12.7. The minimum absolute atomic E-state index is 0.0347. The fourth-order valence-corrected chi connectivity index (χ4v) is 4.21. The highest BCUT2D eigenvalue weighted by Gasteiger charge is 2.38. The highest BCUT2D eigenvalue weighted by Crippen LogP contribution is 2.24. The average molecular weight is 306 g/mol. The first kappa shape index (κ1) is 14.3. The third-order valence-electron chi connectivity index (χ3n) is 4.08. The smallest absolute Gasteiger partial charge is 0.250 e. The monoisotopic (exact) mass is 306 g/mol. The van der Waals surface area contributed by atoms with E-state index in [1.54, 1.807) is 4.90 Å². The highest BCUT2D eigenvalue weighted by atomic mass is 32.2. The van der Waals surface area contributed by atoms with Crippen LogP contribution in [0.15, 0.2) is 30.3 Å². The van der Waals surface area contributed by atoms with Crippen molar-refractivity contribution in [3.05, 3.63) is 35.9 Å². The van der Waals surface area contributed by atoms with Crippen molar-refractivity contribution in [2.45, 2.75) is 24.9 Å². The van der Waals surface area contributed by atoms with E-state index in [2.05, 4.69) is 5.32 Å². The van der Waals surface area contributed by atoms with Crippen LogP contribution < -0.4 is 5.32 Å². The zero-order valence-corrected chi connectivity index (χ0v) is 12.5. The molecule has 0 aliphatic carbocycles. The molecule has 0 spiro atoms. The summed E-state index contributed by atoms with van der Waals surface area (Å²) in [7, 11) is -0.769. The van der Waals surface area contributed by atoms with Gasteiger partial charge in [0, 0.05) is 28.3 Å². The van der Waals surface area contributed by atoms with E-state index in [1.807, 2.05) is 30.3 Å². The minimum atomic E-state index is -0.769. The Bertz CT molecular complexity index is 566. The number of hydrogen-bond acceptors (Lipinski definition) is 3. The molecule has 5 nitrogen and oxygen atoms in total. The number of nitrogens with one attached hydrogen (secondary N) is 1.